The van der Waals surface area contributed by atoms with Crippen LogP contribution in [0.3, 0.4) is 0 Å². The van der Waals surface area contributed by atoms with Crippen molar-refractivity contribution in [3.05, 3.63) is 176 Å². The zero-order chi connectivity index (χ0) is 36.9. The predicted molar refractivity (Wildman–Crippen MR) is 238 cm³/mol. The molecule has 0 fully saturated rings. The molecular formula is C52H29N5. The molecule has 0 radical (unpaired) electrons. The van der Waals surface area contributed by atoms with E-state index in [1.54, 1.807) is 0 Å². The summed E-state index contributed by atoms with van der Waals surface area (Å²) >= 11 is 0. The summed E-state index contributed by atoms with van der Waals surface area (Å²) in [6.07, 6.45) is 0. The normalized spacial score (nSPS) is 12.6. The predicted octanol–water partition coefficient (Wildman–Crippen LogP) is 13.3. The Bertz CT molecular complexity index is 4000. The fourth-order valence-electron chi connectivity index (χ4n) is 10.3. The highest BCUT2D eigenvalue weighted by molar-refractivity contribution is 6.39. The molecular weight excluding hydrogens is 695 g/mol. The molecule has 5 heterocycles. The third-order valence-corrected chi connectivity index (χ3v) is 12.5. The highest BCUT2D eigenvalue weighted by atomic mass is 15.2. The molecule has 0 N–H and O–H groups in total. The van der Waals surface area contributed by atoms with E-state index in [0.29, 0.717) is 5.95 Å². The van der Waals surface area contributed by atoms with Crippen molar-refractivity contribution in [3.63, 3.8) is 0 Å². The van der Waals surface area contributed by atoms with Crippen LogP contribution in [-0.4, -0.2) is 23.5 Å². The van der Waals surface area contributed by atoms with E-state index in [2.05, 4.69) is 189 Å². The van der Waals surface area contributed by atoms with E-state index in [1.807, 2.05) is 0 Å². The minimum Gasteiger partial charge on any atom is -0.307 e. The summed E-state index contributed by atoms with van der Waals surface area (Å²) in [6.45, 7) is 0. The van der Waals surface area contributed by atoms with Crippen molar-refractivity contribution in [3.8, 4) is 11.8 Å². The van der Waals surface area contributed by atoms with Crippen LogP contribution in [0.4, 0.5) is 0 Å². The first-order valence-electron chi connectivity index (χ1n) is 19.5. The number of hydrogen-bond donors (Lipinski definition) is 0. The summed E-state index contributed by atoms with van der Waals surface area (Å²) in [5, 5.41) is 15.8. The Labute approximate surface area is 324 Å². The van der Waals surface area contributed by atoms with Crippen LogP contribution in [0.5, 0.6) is 0 Å². The fourth-order valence-corrected chi connectivity index (χ4v) is 10.3. The first-order valence-corrected chi connectivity index (χ1v) is 19.5. The van der Waals surface area contributed by atoms with Gasteiger partial charge in [0.15, 0.2) is 5.82 Å². The van der Waals surface area contributed by atoms with Crippen LogP contribution in [0.2, 0.25) is 0 Å². The van der Waals surface area contributed by atoms with Gasteiger partial charge < -0.3 is 4.40 Å². The van der Waals surface area contributed by atoms with Crippen molar-refractivity contribution >= 4 is 114 Å². The lowest BCUT2D eigenvalue weighted by Gasteiger charge is -2.15. The zero-order valence-corrected chi connectivity index (χ0v) is 30.5. The Morgan fingerprint density at radius 3 is 1.61 bits per heavy atom. The van der Waals surface area contributed by atoms with Crippen molar-refractivity contribution in [2.45, 2.75) is 0 Å². The molecule has 57 heavy (non-hydrogen) atoms. The van der Waals surface area contributed by atoms with E-state index in [1.165, 1.54) is 81.2 Å². The molecule has 9 aromatic carbocycles. The molecule has 0 aliphatic heterocycles. The second-order valence-corrected chi connectivity index (χ2v) is 15.3. The van der Waals surface area contributed by atoms with Gasteiger partial charge in [-0.3, -0.25) is 9.13 Å². The number of benzene rings is 9. The number of nitrogens with zero attached hydrogens (tertiary/aromatic N) is 5. The van der Waals surface area contributed by atoms with E-state index < -0.39 is 0 Å². The first-order chi connectivity index (χ1) is 28.3. The molecule has 5 aromatic heterocycles. The van der Waals surface area contributed by atoms with E-state index in [-0.39, 0.29) is 0 Å². The third-order valence-electron chi connectivity index (χ3n) is 12.5. The van der Waals surface area contributed by atoms with Crippen molar-refractivity contribution < 1.29 is 0 Å². The first kappa shape index (κ1) is 29.6. The molecule has 0 aliphatic carbocycles. The van der Waals surface area contributed by atoms with E-state index in [4.69, 9.17) is 9.97 Å². The quantitative estimate of drug-likeness (QED) is 0.178. The molecule has 0 saturated carbocycles. The average molecular weight is 724 g/mol. The van der Waals surface area contributed by atoms with Gasteiger partial charge in [0.25, 0.3) is 0 Å². The van der Waals surface area contributed by atoms with Gasteiger partial charge in [0.2, 0.25) is 5.95 Å². The maximum absolute atomic E-state index is 5.65. The van der Waals surface area contributed by atoms with Gasteiger partial charge in [-0.05, 0) is 58.6 Å². The standard InChI is InChI=1S/C52H29N5/c1-2-15-31-29-45-40(28-30(31)14-1)36-22-13-23-39-46-34-18-3-4-19-35(34)49-47(50(46)56(45)48(36)39)38-21-8-12-27-44(38)57(49)52-53-41-24-9-5-20-37(41)51(54-52)55-42-25-10-6-16-32(42)33-17-7-11-26-43(33)55/h1-29H. The lowest BCUT2D eigenvalue weighted by Crippen LogP contribution is -2.07. The second-order valence-electron chi connectivity index (χ2n) is 15.3. The van der Waals surface area contributed by atoms with E-state index in [0.717, 1.165) is 38.8 Å². The maximum Gasteiger partial charge on any atom is 0.237 e. The number of fused-ring (bicyclic) bond motifs is 18. The maximum atomic E-state index is 5.65. The van der Waals surface area contributed by atoms with Crippen molar-refractivity contribution in [2.24, 2.45) is 0 Å². The second kappa shape index (κ2) is 10.5. The smallest absolute Gasteiger partial charge is 0.237 e. The van der Waals surface area contributed by atoms with Gasteiger partial charge in [0.05, 0.1) is 44.1 Å². The van der Waals surface area contributed by atoms with Gasteiger partial charge in [-0.1, -0.05) is 133 Å². The largest absolute Gasteiger partial charge is 0.307 e. The zero-order valence-electron chi connectivity index (χ0n) is 30.5. The summed E-state index contributed by atoms with van der Waals surface area (Å²) in [6, 6.07) is 63.7. The number of rotatable bonds is 2. The molecule has 262 valence electrons. The molecule has 0 amide bonds. The third kappa shape index (κ3) is 3.64. The lowest BCUT2D eigenvalue weighted by molar-refractivity contribution is 0.974. The Hall–Kier alpha value is -7.76. The summed E-state index contributed by atoms with van der Waals surface area (Å²) in [4.78, 5) is 11.1. The van der Waals surface area contributed by atoms with Gasteiger partial charge in [-0.15, -0.1) is 0 Å². The number of hydrogen-bond acceptors (Lipinski definition) is 2. The van der Waals surface area contributed by atoms with E-state index >= 15 is 0 Å². The molecule has 0 saturated heterocycles. The number of aromatic nitrogens is 5. The monoisotopic (exact) mass is 723 g/mol. The minimum absolute atomic E-state index is 0.644. The van der Waals surface area contributed by atoms with Crippen LogP contribution in [0, 0.1) is 0 Å². The molecule has 5 nitrogen and oxygen atoms in total. The van der Waals surface area contributed by atoms with Crippen molar-refractivity contribution in [1.82, 2.24) is 23.5 Å². The van der Waals surface area contributed by atoms with Crippen LogP contribution in [0.1, 0.15) is 0 Å². The Morgan fingerprint density at radius 2 is 0.860 bits per heavy atom. The Kier molecular flexibility index (Phi) is 5.45. The fraction of sp³-hybridized carbons (Fsp3) is 0. The molecule has 14 aromatic rings. The Balaban J connectivity index is 1.21. The van der Waals surface area contributed by atoms with Crippen LogP contribution < -0.4 is 0 Å². The summed E-state index contributed by atoms with van der Waals surface area (Å²) in [5.74, 6) is 1.51. The SMILES string of the molecule is c1ccc2cc3c(cc2c1)c1cccc2c4c5ccccc5c5c(c6ccccc6n5-c5nc(-n6c7ccccc7c7ccccc76)c6ccccc6n5)c4n3c12. The van der Waals surface area contributed by atoms with Gasteiger partial charge in [-0.25, -0.2) is 4.98 Å². The van der Waals surface area contributed by atoms with Crippen LogP contribution in [0.25, 0.3) is 126 Å². The molecule has 0 spiro atoms. The van der Waals surface area contributed by atoms with Crippen molar-refractivity contribution in [2.75, 3.05) is 0 Å². The van der Waals surface area contributed by atoms with Crippen LogP contribution in [0.15, 0.2) is 176 Å². The highest BCUT2D eigenvalue weighted by Crippen LogP contribution is 2.49. The van der Waals surface area contributed by atoms with Gasteiger partial charge >= 0.3 is 0 Å². The van der Waals surface area contributed by atoms with E-state index in [9.17, 15) is 0 Å². The number of para-hydroxylation sites is 5. The molecule has 14 rings (SSSR count). The van der Waals surface area contributed by atoms with Gasteiger partial charge in [0, 0.05) is 53.9 Å². The lowest BCUT2D eigenvalue weighted by atomic mass is 9.98. The summed E-state index contributed by atoms with van der Waals surface area (Å²) < 4.78 is 7.21. The minimum atomic E-state index is 0.644. The topological polar surface area (TPSA) is 40.0 Å². The van der Waals surface area contributed by atoms with Gasteiger partial charge in [0.1, 0.15) is 0 Å². The molecule has 0 atom stereocenters. The molecule has 0 aliphatic rings. The van der Waals surface area contributed by atoms with Gasteiger partial charge in [-0.2, -0.15) is 4.98 Å². The average Bonchev–Trinajstić information content (AvgIpc) is 4.00. The molecule has 0 unspecified atom stereocenters. The molecule has 0 bridgehead atoms. The highest BCUT2D eigenvalue weighted by Gasteiger charge is 2.27. The molecule has 5 heteroatoms. The Morgan fingerprint density at radius 1 is 0.316 bits per heavy atom. The van der Waals surface area contributed by atoms with Crippen molar-refractivity contribution in [1.29, 1.82) is 0 Å². The summed E-state index contributed by atoms with van der Waals surface area (Å²) in [7, 11) is 0. The van der Waals surface area contributed by atoms with Crippen LogP contribution in [-0.2, 0) is 0 Å². The van der Waals surface area contributed by atoms with Crippen LogP contribution >= 0.6 is 0 Å². The summed E-state index contributed by atoms with van der Waals surface area (Å²) in [5.41, 5.74) is 9.02.